The molecular weight excluding hydrogens is 316 g/mol. The van der Waals surface area contributed by atoms with Crippen LogP contribution >= 0.6 is 27.5 Å². The van der Waals surface area contributed by atoms with Gasteiger partial charge in [0, 0.05) is 13.2 Å². The van der Waals surface area contributed by atoms with E-state index in [-0.39, 0.29) is 0 Å². The SMILES string of the molecule is CCCc1nc(-c2cn(C)nc2C)nc(Cl)c1Br. The highest BCUT2D eigenvalue weighted by Crippen LogP contribution is 2.28. The topological polar surface area (TPSA) is 43.6 Å². The molecule has 2 aromatic heterocycles. The molecule has 0 aliphatic rings. The zero-order valence-corrected chi connectivity index (χ0v) is 12.9. The third-order valence-corrected chi connectivity index (χ3v) is 3.96. The van der Waals surface area contributed by atoms with Crippen molar-refractivity contribution in [3.63, 3.8) is 0 Å². The van der Waals surface area contributed by atoms with Gasteiger partial charge in [-0.3, -0.25) is 4.68 Å². The molecule has 2 rings (SSSR count). The molecule has 2 heterocycles. The molecule has 18 heavy (non-hydrogen) atoms. The molecule has 0 unspecified atom stereocenters. The van der Waals surface area contributed by atoms with Crippen LogP contribution in [0.25, 0.3) is 11.4 Å². The number of halogens is 2. The second kappa shape index (κ2) is 5.36. The largest absolute Gasteiger partial charge is 0.275 e. The van der Waals surface area contributed by atoms with Crippen molar-refractivity contribution in [1.82, 2.24) is 19.7 Å². The molecule has 0 spiro atoms. The molecule has 0 aromatic carbocycles. The molecule has 4 nitrogen and oxygen atoms in total. The van der Waals surface area contributed by atoms with E-state index < -0.39 is 0 Å². The number of hydrogen-bond donors (Lipinski definition) is 0. The molecule has 0 radical (unpaired) electrons. The van der Waals surface area contributed by atoms with Crippen LogP contribution in [0.4, 0.5) is 0 Å². The Labute approximate surface area is 120 Å². The average molecular weight is 330 g/mol. The van der Waals surface area contributed by atoms with Gasteiger partial charge >= 0.3 is 0 Å². The summed E-state index contributed by atoms with van der Waals surface area (Å²) >= 11 is 9.57. The van der Waals surface area contributed by atoms with E-state index in [1.54, 1.807) is 4.68 Å². The van der Waals surface area contributed by atoms with Crippen molar-refractivity contribution in [2.75, 3.05) is 0 Å². The Morgan fingerprint density at radius 2 is 2.11 bits per heavy atom. The molecule has 2 aromatic rings. The van der Waals surface area contributed by atoms with E-state index in [2.05, 4.69) is 37.9 Å². The van der Waals surface area contributed by atoms with Gasteiger partial charge in [-0.15, -0.1) is 0 Å². The van der Waals surface area contributed by atoms with Gasteiger partial charge in [-0.25, -0.2) is 9.97 Å². The molecular formula is C12H14BrClN4. The zero-order valence-electron chi connectivity index (χ0n) is 10.5. The lowest BCUT2D eigenvalue weighted by atomic mass is 10.2. The first-order chi connectivity index (χ1) is 8.52. The summed E-state index contributed by atoms with van der Waals surface area (Å²) in [5, 5.41) is 4.75. The van der Waals surface area contributed by atoms with Crippen molar-refractivity contribution in [3.05, 3.63) is 27.2 Å². The molecule has 0 saturated heterocycles. The van der Waals surface area contributed by atoms with E-state index >= 15 is 0 Å². The first-order valence-electron chi connectivity index (χ1n) is 5.75. The fourth-order valence-corrected chi connectivity index (χ4v) is 2.37. The summed E-state index contributed by atoms with van der Waals surface area (Å²) in [4.78, 5) is 8.89. The van der Waals surface area contributed by atoms with Crippen LogP contribution in [0.2, 0.25) is 5.15 Å². The number of aryl methyl sites for hydroxylation is 3. The molecule has 0 N–H and O–H groups in total. The highest BCUT2D eigenvalue weighted by molar-refractivity contribution is 9.10. The second-order valence-electron chi connectivity index (χ2n) is 4.15. The Balaban J connectivity index is 2.55. The molecule has 0 aliphatic heterocycles. The summed E-state index contributed by atoms with van der Waals surface area (Å²) in [7, 11) is 1.88. The van der Waals surface area contributed by atoms with Gasteiger partial charge in [0.05, 0.1) is 21.4 Å². The van der Waals surface area contributed by atoms with Gasteiger partial charge in [0.1, 0.15) is 5.15 Å². The van der Waals surface area contributed by atoms with Crippen LogP contribution in [-0.4, -0.2) is 19.7 Å². The second-order valence-corrected chi connectivity index (χ2v) is 5.30. The van der Waals surface area contributed by atoms with E-state index in [0.717, 1.165) is 34.3 Å². The van der Waals surface area contributed by atoms with Crippen molar-refractivity contribution in [2.45, 2.75) is 26.7 Å². The Morgan fingerprint density at radius 3 is 2.67 bits per heavy atom. The van der Waals surface area contributed by atoms with Crippen LogP contribution in [0.15, 0.2) is 10.7 Å². The van der Waals surface area contributed by atoms with Crippen molar-refractivity contribution in [2.24, 2.45) is 7.05 Å². The smallest absolute Gasteiger partial charge is 0.164 e. The normalized spacial score (nSPS) is 10.9. The van der Waals surface area contributed by atoms with Gasteiger partial charge in [-0.05, 0) is 29.3 Å². The molecule has 0 amide bonds. The molecule has 96 valence electrons. The quantitative estimate of drug-likeness (QED) is 0.809. The Bertz CT molecular complexity index is 580. The van der Waals surface area contributed by atoms with Gasteiger partial charge in [-0.2, -0.15) is 5.10 Å². The first kappa shape index (κ1) is 13.5. The van der Waals surface area contributed by atoms with Gasteiger partial charge in [-0.1, -0.05) is 24.9 Å². The summed E-state index contributed by atoms with van der Waals surface area (Å²) in [5.74, 6) is 0.636. The summed E-state index contributed by atoms with van der Waals surface area (Å²) in [6.07, 6.45) is 3.79. The highest BCUT2D eigenvalue weighted by Gasteiger charge is 2.14. The fraction of sp³-hybridized carbons (Fsp3) is 0.417. The van der Waals surface area contributed by atoms with Crippen LogP contribution < -0.4 is 0 Å². The number of aromatic nitrogens is 4. The maximum absolute atomic E-state index is 6.14. The summed E-state index contributed by atoms with van der Waals surface area (Å²) in [6.45, 7) is 4.05. The Hall–Kier alpha value is -0.940. The lowest BCUT2D eigenvalue weighted by molar-refractivity contribution is 0.756. The fourth-order valence-electron chi connectivity index (χ4n) is 1.81. The average Bonchev–Trinajstić information content (AvgIpc) is 2.64. The standard InChI is InChI=1S/C12H14BrClN4/c1-4-5-9-10(13)11(14)16-12(15-9)8-6-18(3)17-7(8)2/h6H,4-5H2,1-3H3. The van der Waals surface area contributed by atoms with E-state index in [1.807, 2.05) is 20.2 Å². The molecule has 0 bridgehead atoms. The maximum atomic E-state index is 6.14. The van der Waals surface area contributed by atoms with Crippen molar-refractivity contribution in [3.8, 4) is 11.4 Å². The summed E-state index contributed by atoms with van der Waals surface area (Å²) in [5.41, 5.74) is 2.76. The van der Waals surface area contributed by atoms with Gasteiger partial charge in [0.25, 0.3) is 0 Å². The van der Waals surface area contributed by atoms with Crippen LogP contribution in [0.5, 0.6) is 0 Å². The van der Waals surface area contributed by atoms with Crippen LogP contribution in [-0.2, 0) is 13.5 Å². The highest BCUT2D eigenvalue weighted by atomic mass is 79.9. The minimum atomic E-state index is 0.451. The van der Waals surface area contributed by atoms with Gasteiger partial charge in [0.15, 0.2) is 5.82 Å². The monoisotopic (exact) mass is 328 g/mol. The number of nitrogens with zero attached hydrogens (tertiary/aromatic N) is 4. The lowest BCUT2D eigenvalue weighted by Crippen LogP contribution is -1.98. The molecule has 0 fully saturated rings. The Kier molecular flexibility index (Phi) is 4.02. The first-order valence-corrected chi connectivity index (χ1v) is 6.92. The molecule has 0 saturated carbocycles. The van der Waals surface area contributed by atoms with E-state index in [9.17, 15) is 0 Å². The minimum absolute atomic E-state index is 0.451. The third-order valence-electron chi connectivity index (χ3n) is 2.62. The van der Waals surface area contributed by atoms with Gasteiger partial charge < -0.3 is 0 Å². The molecule has 0 aliphatic carbocycles. The van der Waals surface area contributed by atoms with Crippen molar-refractivity contribution >= 4 is 27.5 Å². The van der Waals surface area contributed by atoms with Crippen LogP contribution in [0, 0.1) is 6.92 Å². The maximum Gasteiger partial charge on any atom is 0.164 e. The predicted octanol–water partition coefficient (Wildman–Crippen LogP) is 3.55. The van der Waals surface area contributed by atoms with E-state index in [0.29, 0.717) is 11.0 Å². The summed E-state index contributed by atoms with van der Waals surface area (Å²) < 4.78 is 2.54. The van der Waals surface area contributed by atoms with Crippen molar-refractivity contribution < 1.29 is 0 Å². The zero-order chi connectivity index (χ0) is 13.3. The van der Waals surface area contributed by atoms with Crippen LogP contribution in [0.3, 0.4) is 0 Å². The lowest BCUT2D eigenvalue weighted by Gasteiger charge is -2.06. The molecule has 6 heteroatoms. The predicted molar refractivity (Wildman–Crippen MR) is 75.7 cm³/mol. The number of hydrogen-bond acceptors (Lipinski definition) is 3. The van der Waals surface area contributed by atoms with Gasteiger partial charge in [0.2, 0.25) is 0 Å². The Morgan fingerprint density at radius 1 is 1.39 bits per heavy atom. The van der Waals surface area contributed by atoms with E-state index in [1.165, 1.54) is 0 Å². The number of rotatable bonds is 3. The summed E-state index contributed by atoms with van der Waals surface area (Å²) in [6, 6.07) is 0. The minimum Gasteiger partial charge on any atom is -0.275 e. The van der Waals surface area contributed by atoms with Crippen molar-refractivity contribution in [1.29, 1.82) is 0 Å². The molecule has 0 atom stereocenters. The van der Waals surface area contributed by atoms with E-state index in [4.69, 9.17) is 11.6 Å². The third kappa shape index (κ3) is 2.57. The van der Waals surface area contributed by atoms with Crippen LogP contribution in [0.1, 0.15) is 24.7 Å².